The second-order valence-corrected chi connectivity index (χ2v) is 4.05. The molecule has 0 amide bonds. The molecule has 0 fully saturated rings. The summed E-state index contributed by atoms with van der Waals surface area (Å²) < 4.78 is 19.0. The van der Waals surface area contributed by atoms with E-state index in [-0.39, 0.29) is 11.9 Å². The SMILES string of the molecule is NNC(c1ccco1)c1cccc(F)c1Br. The standard InChI is InChI=1S/C11H10BrFN2O/c12-10-7(3-1-4-8(10)13)11(15-14)9-5-2-6-16-9/h1-6,11,15H,14H2. The summed E-state index contributed by atoms with van der Waals surface area (Å²) >= 11 is 3.19. The zero-order valence-corrected chi connectivity index (χ0v) is 9.87. The van der Waals surface area contributed by atoms with Crippen LogP contribution in [0.3, 0.4) is 0 Å². The first kappa shape index (κ1) is 11.3. The Morgan fingerprint density at radius 1 is 1.31 bits per heavy atom. The third-order valence-electron chi connectivity index (χ3n) is 2.29. The summed E-state index contributed by atoms with van der Waals surface area (Å²) in [4.78, 5) is 0. The van der Waals surface area contributed by atoms with Gasteiger partial charge in [-0.15, -0.1) is 0 Å². The number of furan rings is 1. The first-order chi connectivity index (χ1) is 7.74. The van der Waals surface area contributed by atoms with Gasteiger partial charge < -0.3 is 4.42 Å². The molecule has 16 heavy (non-hydrogen) atoms. The molecule has 2 rings (SSSR count). The van der Waals surface area contributed by atoms with Crippen molar-refractivity contribution in [2.75, 3.05) is 0 Å². The summed E-state index contributed by atoms with van der Waals surface area (Å²) in [6.07, 6.45) is 1.55. The normalized spacial score (nSPS) is 12.7. The molecule has 84 valence electrons. The topological polar surface area (TPSA) is 51.2 Å². The third kappa shape index (κ3) is 2.02. The molecule has 1 aromatic carbocycles. The average molecular weight is 285 g/mol. The van der Waals surface area contributed by atoms with Gasteiger partial charge in [-0.25, -0.2) is 9.82 Å². The number of halogens is 2. The fourth-order valence-electron chi connectivity index (χ4n) is 1.52. The van der Waals surface area contributed by atoms with E-state index < -0.39 is 0 Å². The van der Waals surface area contributed by atoms with Crippen molar-refractivity contribution in [3.8, 4) is 0 Å². The molecule has 0 bridgehead atoms. The average Bonchev–Trinajstić information content (AvgIpc) is 2.79. The highest BCUT2D eigenvalue weighted by molar-refractivity contribution is 9.10. The van der Waals surface area contributed by atoms with Gasteiger partial charge in [-0.3, -0.25) is 5.84 Å². The molecule has 0 saturated carbocycles. The largest absolute Gasteiger partial charge is 0.467 e. The zero-order valence-electron chi connectivity index (χ0n) is 8.28. The van der Waals surface area contributed by atoms with Gasteiger partial charge in [-0.05, 0) is 39.7 Å². The Bertz CT molecular complexity index is 473. The molecular weight excluding hydrogens is 275 g/mol. The second kappa shape index (κ2) is 4.78. The van der Waals surface area contributed by atoms with Crippen LogP contribution in [0.2, 0.25) is 0 Å². The lowest BCUT2D eigenvalue weighted by Gasteiger charge is -2.15. The van der Waals surface area contributed by atoms with Gasteiger partial charge in [0.1, 0.15) is 17.6 Å². The van der Waals surface area contributed by atoms with E-state index >= 15 is 0 Å². The Morgan fingerprint density at radius 3 is 2.75 bits per heavy atom. The molecule has 2 aromatic rings. The summed E-state index contributed by atoms with van der Waals surface area (Å²) in [5, 5.41) is 0. The molecule has 3 nitrogen and oxygen atoms in total. The molecule has 1 unspecified atom stereocenters. The molecule has 0 aliphatic rings. The van der Waals surface area contributed by atoms with Crippen LogP contribution in [0.25, 0.3) is 0 Å². The summed E-state index contributed by atoms with van der Waals surface area (Å²) in [7, 11) is 0. The van der Waals surface area contributed by atoms with E-state index in [0.717, 1.165) is 0 Å². The molecule has 5 heteroatoms. The van der Waals surface area contributed by atoms with E-state index in [0.29, 0.717) is 15.8 Å². The molecular formula is C11H10BrFN2O. The Morgan fingerprint density at radius 2 is 2.12 bits per heavy atom. The highest BCUT2D eigenvalue weighted by atomic mass is 79.9. The van der Waals surface area contributed by atoms with Crippen LogP contribution in [0.15, 0.2) is 45.5 Å². The van der Waals surface area contributed by atoms with Gasteiger partial charge in [0.25, 0.3) is 0 Å². The Hall–Kier alpha value is -1.17. The van der Waals surface area contributed by atoms with Crippen LogP contribution < -0.4 is 11.3 Å². The number of rotatable bonds is 3. The summed E-state index contributed by atoms with van der Waals surface area (Å²) in [6, 6.07) is 7.95. The molecule has 3 N–H and O–H groups in total. The van der Waals surface area contributed by atoms with Crippen molar-refractivity contribution in [2.24, 2.45) is 5.84 Å². The van der Waals surface area contributed by atoms with Crippen LogP contribution >= 0.6 is 15.9 Å². The smallest absolute Gasteiger partial charge is 0.137 e. The lowest BCUT2D eigenvalue weighted by Crippen LogP contribution is -2.28. The minimum absolute atomic E-state index is 0.329. The van der Waals surface area contributed by atoms with Gasteiger partial charge in [0.15, 0.2) is 0 Å². The Kier molecular flexibility index (Phi) is 3.38. The molecule has 0 spiro atoms. The molecule has 0 saturated heterocycles. The van der Waals surface area contributed by atoms with E-state index in [4.69, 9.17) is 10.3 Å². The Labute approximate surface area is 101 Å². The van der Waals surface area contributed by atoms with E-state index in [9.17, 15) is 4.39 Å². The van der Waals surface area contributed by atoms with Crippen LogP contribution in [-0.4, -0.2) is 0 Å². The quantitative estimate of drug-likeness (QED) is 0.673. The minimum Gasteiger partial charge on any atom is -0.467 e. The van der Waals surface area contributed by atoms with E-state index in [2.05, 4.69) is 21.4 Å². The molecule has 0 radical (unpaired) electrons. The minimum atomic E-state index is -0.375. The first-order valence-electron chi connectivity index (χ1n) is 4.67. The second-order valence-electron chi connectivity index (χ2n) is 3.26. The number of hydrogen-bond donors (Lipinski definition) is 2. The predicted octanol–water partition coefficient (Wildman–Crippen LogP) is 2.73. The summed E-state index contributed by atoms with van der Waals surface area (Å²) in [5.41, 5.74) is 3.29. The van der Waals surface area contributed by atoms with Crippen molar-refractivity contribution in [1.29, 1.82) is 0 Å². The molecule has 1 aromatic heterocycles. The summed E-state index contributed by atoms with van der Waals surface area (Å²) in [6.45, 7) is 0. The van der Waals surface area contributed by atoms with Crippen LogP contribution in [0.5, 0.6) is 0 Å². The van der Waals surface area contributed by atoms with Gasteiger partial charge in [0, 0.05) is 0 Å². The molecule has 1 heterocycles. The van der Waals surface area contributed by atoms with E-state index in [1.807, 2.05) is 0 Å². The monoisotopic (exact) mass is 284 g/mol. The van der Waals surface area contributed by atoms with Gasteiger partial charge in [0.2, 0.25) is 0 Å². The maximum absolute atomic E-state index is 13.4. The number of nitrogens with one attached hydrogen (secondary N) is 1. The number of nitrogens with two attached hydrogens (primary N) is 1. The number of hydrogen-bond acceptors (Lipinski definition) is 3. The summed E-state index contributed by atoms with van der Waals surface area (Å²) in [5.74, 6) is 5.77. The predicted molar refractivity (Wildman–Crippen MR) is 62.0 cm³/mol. The molecule has 0 aliphatic carbocycles. The molecule has 0 aliphatic heterocycles. The molecule has 1 atom stereocenters. The lowest BCUT2D eigenvalue weighted by molar-refractivity contribution is 0.450. The van der Waals surface area contributed by atoms with Crippen molar-refractivity contribution in [2.45, 2.75) is 6.04 Å². The van der Waals surface area contributed by atoms with Crippen molar-refractivity contribution in [3.05, 3.63) is 58.2 Å². The van der Waals surface area contributed by atoms with E-state index in [1.165, 1.54) is 6.07 Å². The fraction of sp³-hybridized carbons (Fsp3) is 0.0909. The fourth-order valence-corrected chi connectivity index (χ4v) is 2.02. The first-order valence-corrected chi connectivity index (χ1v) is 5.46. The van der Waals surface area contributed by atoms with Crippen LogP contribution in [0.4, 0.5) is 4.39 Å². The van der Waals surface area contributed by atoms with Crippen LogP contribution in [0, 0.1) is 5.82 Å². The van der Waals surface area contributed by atoms with Crippen molar-refractivity contribution >= 4 is 15.9 Å². The highest BCUT2D eigenvalue weighted by Gasteiger charge is 2.19. The van der Waals surface area contributed by atoms with Crippen molar-refractivity contribution in [3.63, 3.8) is 0 Å². The maximum atomic E-state index is 13.4. The van der Waals surface area contributed by atoms with Gasteiger partial charge in [-0.1, -0.05) is 12.1 Å². The Balaban J connectivity index is 2.45. The number of hydrazine groups is 1. The highest BCUT2D eigenvalue weighted by Crippen LogP contribution is 2.29. The number of benzene rings is 1. The van der Waals surface area contributed by atoms with Crippen molar-refractivity contribution in [1.82, 2.24) is 5.43 Å². The van der Waals surface area contributed by atoms with E-state index in [1.54, 1.807) is 30.5 Å². The van der Waals surface area contributed by atoms with Crippen LogP contribution in [0.1, 0.15) is 17.4 Å². The zero-order chi connectivity index (χ0) is 11.5. The van der Waals surface area contributed by atoms with Gasteiger partial charge in [-0.2, -0.15) is 0 Å². The maximum Gasteiger partial charge on any atom is 0.137 e. The van der Waals surface area contributed by atoms with Gasteiger partial charge in [0.05, 0.1) is 10.7 Å². The van der Waals surface area contributed by atoms with Gasteiger partial charge >= 0.3 is 0 Å². The third-order valence-corrected chi connectivity index (χ3v) is 3.12. The van der Waals surface area contributed by atoms with Crippen LogP contribution in [-0.2, 0) is 0 Å². The van der Waals surface area contributed by atoms with Crippen molar-refractivity contribution < 1.29 is 8.81 Å². The lowest BCUT2D eigenvalue weighted by atomic mass is 10.1.